The molecule has 2 atom stereocenters. The van der Waals surface area contributed by atoms with E-state index in [0.717, 1.165) is 13.0 Å². The molecule has 1 aromatic rings. The summed E-state index contributed by atoms with van der Waals surface area (Å²) in [5.41, 5.74) is 0.885. The van der Waals surface area contributed by atoms with Gasteiger partial charge in [-0.3, -0.25) is 9.59 Å². The van der Waals surface area contributed by atoms with Crippen molar-refractivity contribution in [3.8, 4) is 0 Å². The largest absolute Gasteiger partial charge is 0.366 e. The smallest absolute Gasteiger partial charge is 0.227 e. The van der Waals surface area contributed by atoms with Crippen molar-refractivity contribution in [1.29, 1.82) is 0 Å². The van der Waals surface area contributed by atoms with Crippen LogP contribution in [0.1, 0.15) is 30.6 Å². The van der Waals surface area contributed by atoms with Gasteiger partial charge in [-0.05, 0) is 45.0 Å². The molecule has 0 spiro atoms. The van der Waals surface area contributed by atoms with Crippen LogP contribution in [0.5, 0.6) is 0 Å². The first-order chi connectivity index (χ1) is 11.5. The highest BCUT2D eigenvalue weighted by molar-refractivity contribution is 5.94. The van der Waals surface area contributed by atoms with Gasteiger partial charge in [-0.1, -0.05) is 0 Å². The second-order valence-electron chi connectivity index (χ2n) is 6.67. The van der Waals surface area contributed by atoms with Crippen LogP contribution in [0.3, 0.4) is 0 Å². The minimum Gasteiger partial charge on any atom is -0.366 e. The molecular weight excluding hydrogens is 309 g/mol. The van der Waals surface area contributed by atoms with E-state index in [9.17, 15) is 14.0 Å². The van der Waals surface area contributed by atoms with Crippen molar-refractivity contribution in [2.75, 3.05) is 37.6 Å². The number of rotatable bonds is 3. The van der Waals surface area contributed by atoms with Crippen LogP contribution in [-0.2, 0) is 4.79 Å². The van der Waals surface area contributed by atoms with E-state index in [-0.39, 0.29) is 29.5 Å². The van der Waals surface area contributed by atoms with Gasteiger partial charge in [0.25, 0.3) is 0 Å². The van der Waals surface area contributed by atoms with Crippen molar-refractivity contribution in [3.63, 3.8) is 0 Å². The van der Waals surface area contributed by atoms with Crippen molar-refractivity contribution < 1.29 is 14.0 Å². The van der Waals surface area contributed by atoms with Gasteiger partial charge in [0, 0.05) is 37.8 Å². The molecule has 5 nitrogen and oxygen atoms in total. The third-order valence-electron chi connectivity index (χ3n) is 5.13. The lowest BCUT2D eigenvalue weighted by Crippen LogP contribution is -2.51. The summed E-state index contributed by atoms with van der Waals surface area (Å²) in [6, 6.07) is 4.84. The molecule has 0 bridgehead atoms. The quantitative estimate of drug-likeness (QED) is 0.855. The molecule has 0 aromatic heterocycles. The maximum absolute atomic E-state index is 14.3. The van der Waals surface area contributed by atoms with Crippen molar-refractivity contribution in [2.45, 2.75) is 26.3 Å². The second kappa shape index (κ2) is 6.89. The summed E-state index contributed by atoms with van der Waals surface area (Å²) in [7, 11) is 0. The van der Waals surface area contributed by atoms with Gasteiger partial charge in [-0.25, -0.2) is 4.39 Å². The lowest BCUT2D eigenvalue weighted by atomic mass is 10.00. The van der Waals surface area contributed by atoms with Gasteiger partial charge in [0.15, 0.2) is 5.78 Å². The Hall–Kier alpha value is -1.95. The Kier molecular flexibility index (Phi) is 4.85. The number of ketones is 1. The molecule has 130 valence electrons. The summed E-state index contributed by atoms with van der Waals surface area (Å²) in [6.45, 7) is 6.81. The molecule has 2 heterocycles. The first-order valence-corrected chi connectivity index (χ1v) is 8.55. The molecule has 2 aliphatic heterocycles. The molecular formula is C18H24FN3O2. The molecule has 0 radical (unpaired) electrons. The highest BCUT2D eigenvalue weighted by Crippen LogP contribution is 2.24. The first kappa shape index (κ1) is 16.9. The molecule has 1 aromatic carbocycles. The summed E-state index contributed by atoms with van der Waals surface area (Å²) in [5, 5.41) is 3.31. The van der Waals surface area contributed by atoms with Gasteiger partial charge in [0.1, 0.15) is 5.82 Å². The van der Waals surface area contributed by atoms with Gasteiger partial charge in [-0.15, -0.1) is 0 Å². The maximum Gasteiger partial charge on any atom is 0.227 e. The highest BCUT2D eigenvalue weighted by Gasteiger charge is 2.34. The number of piperazine rings is 1. The summed E-state index contributed by atoms with van der Waals surface area (Å²) in [6.07, 6.45) is 0.890. The van der Waals surface area contributed by atoms with E-state index in [1.165, 1.54) is 13.0 Å². The van der Waals surface area contributed by atoms with Crippen LogP contribution in [0.4, 0.5) is 10.1 Å². The van der Waals surface area contributed by atoms with Crippen LogP contribution < -0.4 is 10.2 Å². The molecule has 3 rings (SSSR count). The number of hydrogen-bond acceptors (Lipinski definition) is 4. The molecule has 2 aliphatic rings. The molecule has 2 unspecified atom stereocenters. The second-order valence-corrected chi connectivity index (χ2v) is 6.67. The van der Waals surface area contributed by atoms with Crippen molar-refractivity contribution >= 4 is 17.4 Å². The van der Waals surface area contributed by atoms with Crippen molar-refractivity contribution in [3.05, 3.63) is 29.6 Å². The van der Waals surface area contributed by atoms with E-state index in [2.05, 4.69) is 12.2 Å². The topological polar surface area (TPSA) is 52.7 Å². The Balaban J connectivity index is 1.63. The van der Waals surface area contributed by atoms with Crippen LogP contribution >= 0.6 is 0 Å². The van der Waals surface area contributed by atoms with Gasteiger partial charge >= 0.3 is 0 Å². The van der Waals surface area contributed by atoms with E-state index in [1.807, 2.05) is 9.80 Å². The average Bonchev–Trinajstić information content (AvgIpc) is 3.00. The maximum atomic E-state index is 14.3. The van der Waals surface area contributed by atoms with Gasteiger partial charge in [0.05, 0.1) is 11.6 Å². The number of benzene rings is 1. The third kappa shape index (κ3) is 3.29. The number of anilines is 1. The van der Waals surface area contributed by atoms with Crippen LogP contribution in [0.25, 0.3) is 0 Å². The van der Waals surface area contributed by atoms with Crippen LogP contribution in [0, 0.1) is 11.7 Å². The summed E-state index contributed by atoms with van der Waals surface area (Å²) in [4.78, 5) is 27.8. The van der Waals surface area contributed by atoms with Crippen LogP contribution in [0.2, 0.25) is 0 Å². The molecule has 2 fully saturated rings. The van der Waals surface area contributed by atoms with E-state index in [4.69, 9.17) is 0 Å². The Morgan fingerprint density at radius 1 is 1.21 bits per heavy atom. The number of halogens is 1. The summed E-state index contributed by atoms with van der Waals surface area (Å²) >= 11 is 0. The zero-order valence-electron chi connectivity index (χ0n) is 14.2. The third-order valence-corrected chi connectivity index (χ3v) is 5.13. The zero-order valence-corrected chi connectivity index (χ0v) is 14.2. The van der Waals surface area contributed by atoms with Gasteiger partial charge in [0.2, 0.25) is 5.91 Å². The molecule has 24 heavy (non-hydrogen) atoms. The normalized spacial score (nSPS) is 24.3. The number of Topliss-reactive ketones (excluding diaryl/α,β-unsaturated/α-hetero) is 1. The number of amides is 1. The van der Waals surface area contributed by atoms with Crippen molar-refractivity contribution in [1.82, 2.24) is 10.2 Å². The fourth-order valence-electron chi connectivity index (χ4n) is 3.58. The first-order valence-electron chi connectivity index (χ1n) is 8.55. The van der Waals surface area contributed by atoms with Gasteiger partial charge in [-0.2, -0.15) is 0 Å². The minimum absolute atomic E-state index is 0.0585. The zero-order chi connectivity index (χ0) is 17.3. The fourth-order valence-corrected chi connectivity index (χ4v) is 3.58. The van der Waals surface area contributed by atoms with Crippen molar-refractivity contribution in [2.24, 2.45) is 5.92 Å². The number of carbonyl (C=O) groups excluding carboxylic acids is 2. The van der Waals surface area contributed by atoms with E-state index < -0.39 is 0 Å². The lowest BCUT2D eigenvalue weighted by Gasteiger charge is -2.37. The molecule has 1 N–H and O–H groups in total. The molecule has 1 amide bonds. The predicted octanol–water partition coefficient (Wildman–Crippen LogP) is 1.67. The summed E-state index contributed by atoms with van der Waals surface area (Å²) < 4.78 is 14.3. The Bertz CT molecular complexity index is 641. The lowest BCUT2D eigenvalue weighted by molar-refractivity contribution is -0.136. The predicted molar refractivity (Wildman–Crippen MR) is 90.8 cm³/mol. The van der Waals surface area contributed by atoms with E-state index in [1.54, 1.807) is 12.1 Å². The van der Waals surface area contributed by atoms with Gasteiger partial charge < -0.3 is 15.1 Å². The minimum atomic E-state index is -0.379. The molecule has 6 heteroatoms. The Morgan fingerprint density at radius 2 is 1.92 bits per heavy atom. The van der Waals surface area contributed by atoms with Crippen LogP contribution in [-0.4, -0.2) is 55.4 Å². The fraction of sp³-hybridized carbons (Fsp3) is 0.556. The number of hydrogen-bond donors (Lipinski definition) is 1. The van der Waals surface area contributed by atoms with E-state index in [0.29, 0.717) is 37.4 Å². The van der Waals surface area contributed by atoms with Crippen LogP contribution in [0.15, 0.2) is 18.2 Å². The number of nitrogens with one attached hydrogen (secondary N) is 1. The standard InChI is InChI=1S/C18H24FN3O2/c1-12-15(5-6-20-12)18(24)22-9-7-21(8-10-22)17-4-3-14(13(2)23)11-16(17)19/h3-4,11-12,15,20H,5-10H2,1-2H3. The summed E-state index contributed by atoms with van der Waals surface area (Å²) in [5.74, 6) is -0.256. The average molecular weight is 333 g/mol. The number of nitrogens with zero attached hydrogens (tertiary/aromatic N) is 2. The molecule has 2 saturated heterocycles. The highest BCUT2D eigenvalue weighted by atomic mass is 19.1. The Morgan fingerprint density at radius 3 is 2.46 bits per heavy atom. The van der Waals surface area contributed by atoms with E-state index >= 15 is 0 Å². The molecule has 0 aliphatic carbocycles. The number of carbonyl (C=O) groups is 2. The monoisotopic (exact) mass is 333 g/mol. The SMILES string of the molecule is CC(=O)c1ccc(N2CCN(C(=O)C3CCNC3C)CC2)c(F)c1. The molecule has 0 saturated carbocycles. The Labute approximate surface area is 141 Å².